The van der Waals surface area contributed by atoms with Crippen LogP contribution >= 0.6 is 0 Å². The van der Waals surface area contributed by atoms with E-state index in [-0.39, 0.29) is 11.8 Å². The van der Waals surface area contributed by atoms with Crippen molar-refractivity contribution in [3.05, 3.63) is 71.0 Å². The number of rotatable bonds is 4. The number of aromatic nitrogens is 4. The molecule has 4 aromatic rings. The lowest BCUT2D eigenvalue weighted by molar-refractivity contribution is -0.120. The molecule has 0 saturated carbocycles. The van der Waals surface area contributed by atoms with E-state index in [1.54, 1.807) is 0 Å². The normalized spacial score (nSPS) is 16.1. The SMILES string of the molecule is Cc1ccc(C)c(NC(=O)[C@H]2CCCN(c3nnc(C)c4c(C)n(-c5ccccc5)nc34)C2)c1. The number of aryl methyl sites for hydroxylation is 4. The lowest BCUT2D eigenvalue weighted by Gasteiger charge is -2.32. The summed E-state index contributed by atoms with van der Waals surface area (Å²) in [5.74, 6) is 0.687. The first kappa shape index (κ1) is 22.1. The van der Waals surface area contributed by atoms with Gasteiger partial charge < -0.3 is 10.2 Å². The van der Waals surface area contributed by atoms with Crippen LogP contribution in [0.2, 0.25) is 0 Å². The summed E-state index contributed by atoms with van der Waals surface area (Å²) >= 11 is 0. The highest BCUT2D eigenvalue weighted by Crippen LogP contribution is 2.32. The predicted octanol–water partition coefficient (Wildman–Crippen LogP) is 4.90. The molecule has 7 nitrogen and oxygen atoms in total. The van der Waals surface area contributed by atoms with Crippen molar-refractivity contribution in [2.24, 2.45) is 5.92 Å². The molecule has 2 aromatic heterocycles. The highest BCUT2D eigenvalue weighted by Gasteiger charge is 2.29. The van der Waals surface area contributed by atoms with E-state index in [2.05, 4.69) is 33.4 Å². The molecular formula is C27H30N6O. The molecule has 1 aliphatic heterocycles. The van der Waals surface area contributed by atoms with E-state index in [0.29, 0.717) is 6.54 Å². The Morgan fingerprint density at radius 1 is 1.03 bits per heavy atom. The van der Waals surface area contributed by atoms with Crippen molar-refractivity contribution in [2.45, 2.75) is 40.5 Å². The van der Waals surface area contributed by atoms with E-state index >= 15 is 0 Å². The first-order chi connectivity index (χ1) is 16.4. The van der Waals surface area contributed by atoms with Gasteiger partial charge in [0.05, 0.1) is 28.4 Å². The number of hydrogen-bond acceptors (Lipinski definition) is 5. The van der Waals surface area contributed by atoms with Gasteiger partial charge in [-0.1, -0.05) is 30.3 Å². The van der Waals surface area contributed by atoms with Crippen LogP contribution in [0.1, 0.15) is 35.4 Å². The Balaban J connectivity index is 1.45. The Morgan fingerprint density at radius 3 is 2.62 bits per heavy atom. The van der Waals surface area contributed by atoms with Gasteiger partial charge in [-0.3, -0.25) is 4.79 Å². The number of fused-ring (bicyclic) bond motifs is 1. The first-order valence-corrected chi connectivity index (χ1v) is 11.8. The van der Waals surface area contributed by atoms with Crippen LogP contribution in [0.4, 0.5) is 11.5 Å². The molecule has 3 heterocycles. The summed E-state index contributed by atoms with van der Waals surface area (Å²) in [6, 6.07) is 16.2. The molecule has 1 aliphatic rings. The van der Waals surface area contributed by atoms with Gasteiger partial charge in [-0.15, -0.1) is 5.10 Å². The molecule has 1 atom stereocenters. The van der Waals surface area contributed by atoms with Gasteiger partial charge in [0, 0.05) is 18.8 Å². The molecule has 7 heteroatoms. The molecule has 5 rings (SSSR count). The number of para-hydroxylation sites is 1. The fourth-order valence-corrected chi connectivity index (χ4v) is 4.83. The van der Waals surface area contributed by atoms with Crippen LogP contribution in [0.3, 0.4) is 0 Å². The number of nitrogens with one attached hydrogen (secondary N) is 1. The predicted molar refractivity (Wildman–Crippen MR) is 136 cm³/mol. The minimum Gasteiger partial charge on any atom is -0.352 e. The minimum atomic E-state index is -0.121. The molecule has 0 radical (unpaired) electrons. The second-order valence-corrected chi connectivity index (χ2v) is 9.26. The maximum absolute atomic E-state index is 13.2. The highest BCUT2D eigenvalue weighted by molar-refractivity contribution is 5.95. The van der Waals surface area contributed by atoms with Gasteiger partial charge in [0.25, 0.3) is 0 Å². The van der Waals surface area contributed by atoms with Crippen LogP contribution in [-0.4, -0.2) is 39.0 Å². The van der Waals surface area contributed by atoms with E-state index in [0.717, 1.165) is 70.0 Å². The summed E-state index contributed by atoms with van der Waals surface area (Å²) in [5.41, 5.74) is 6.83. The zero-order chi connectivity index (χ0) is 23.8. The van der Waals surface area contributed by atoms with Gasteiger partial charge in [-0.2, -0.15) is 10.2 Å². The molecule has 0 unspecified atom stereocenters. The average molecular weight is 455 g/mol. The van der Waals surface area contributed by atoms with E-state index in [9.17, 15) is 4.79 Å². The lowest BCUT2D eigenvalue weighted by Crippen LogP contribution is -2.41. The molecule has 0 aliphatic carbocycles. The highest BCUT2D eigenvalue weighted by atomic mass is 16.1. The van der Waals surface area contributed by atoms with Crippen LogP contribution in [0.5, 0.6) is 0 Å². The van der Waals surface area contributed by atoms with E-state index in [1.807, 2.05) is 67.9 Å². The molecule has 34 heavy (non-hydrogen) atoms. The first-order valence-electron chi connectivity index (χ1n) is 11.8. The molecule has 174 valence electrons. The molecule has 1 N–H and O–H groups in total. The second-order valence-electron chi connectivity index (χ2n) is 9.26. The Kier molecular flexibility index (Phi) is 5.77. The summed E-state index contributed by atoms with van der Waals surface area (Å²) in [6.07, 6.45) is 1.77. The van der Waals surface area contributed by atoms with Crippen LogP contribution in [0.15, 0.2) is 48.5 Å². The zero-order valence-electron chi connectivity index (χ0n) is 20.2. The number of hydrogen-bond donors (Lipinski definition) is 1. The third kappa shape index (κ3) is 4.02. The van der Waals surface area contributed by atoms with Gasteiger partial charge in [0.15, 0.2) is 5.82 Å². The van der Waals surface area contributed by atoms with Gasteiger partial charge in [-0.25, -0.2) is 4.68 Å². The maximum atomic E-state index is 13.2. The number of carbonyl (C=O) groups excluding carboxylic acids is 1. The van der Waals surface area contributed by atoms with Crippen molar-refractivity contribution in [1.82, 2.24) is 20.0 Å². The third-order valence-electron chi connectivity index (χ3n) is 6.73. The van der Waals surface area contributed by atoms with Gasteiger partial charge >= 0.3 is 0 Å². The van der Waals surface area contributed by atoms with Gasteiger partial charge in [0.1, 0.15) is 5.52 Å². The van der Waals surface area contributed by atoms with Crippen molar-refractivity contribution in [3.63, 3.8) is 0 Å². The molecule has 1 fully saturated rings. The zero-order valence-corrected chi connectivity index (χ0v) is 20.2. The Morgan fingerprint density at radius 2 is 1.82 bits per heavy atom. The van der Waals surface area contributed by atoms with Crippen LogP contribution in [-0.2, 0) is 4.79 Å². The van der Waals surface area contributed by atoms with Crippen molar-refractivity contribution >= 4 is 28.3 Å². The van der Waals surface area contributed by atoms with E-state index in [1.165, 1.54) is 0 Å². The number of nitrogens with zero attached hydrogens (tertiary/aromatic N) is 5. The molecular weight excluding hydrogens is 424 g/mol. The van der Waals surface area contributed by atoms with Crippen LogP contribution < -0.4 is 10.2 Å². The Bertz CT molecular complexity index is 1360. The number of piperidine rings is 1. The molecule has 1 amide bonds. The van der Waals surface area contributed by atoms with Crippen LogP contribution in [0.25, 0.3) is 16.6 Å². The molecule has 0 spiro atoms. The minimum absolute atomic E-state index is 0.0562. The van der Waals surface area contributed by atoms with Crippen molar-refractivity contribution < 1.29 is 4.79 Å². The summed E-state index contributed by atoms with van der Waals surface area (Å²) < 4.78 is 1.96. The number of carbonyl (C=O) groups is 1. The molecule has 1 saturated heterocycles. The van der Waals surface area contributed by atoms with Crippen molar-refractivity contribution in [3.8, 4) is 5.69 Å². The van der Waals surface area contributed by atoms with Crippen molar-refractivity contribution in [2.75, 3.05) is 23.3 Å². The fraction of sp³-hybridized carbons (Fsp3) is 0.333. The second kappa shape index (κ2) is 8.89. The fourth-order valence-electron chi connectivity index (χ4n) is 4.83. The lowest BCUT2D eigenvalue weighted by atomic mass is 9.96. The molecule has 0 bridgehead atoms. The Hall–Kier alpha value is -3.74. The Labute approximate surface area is 199 Å². The monoisotopic (exact) mass is 454 g/mol. The largest absolute Gasteiger partial charge is 0.352 e. The maximum Gasteiger partial charge on any atom is 0.229 e. The topological polar surface area (TPSA) is 75.9 Å². The van der Waals surface area contributed by atoms with Gasteiger partial charge in [-0.05, 0) is 69.9 Å². The number of anilines is 2. The standard InChI is InChI=1S/C27H30N6O/c1-17-12-13-18(2)23(15-17)28-27(34)21-9-8-14-32(16-21)26-25-24(19(3)29-30-26)20(4)33(31-25)22-10-6-5-7-11-22/h5-7,10-13,15,21H,8-9,14,16H2,1-4H3,(H,28,34)/t21-/m0/s1. The van der Waals surface area contributed by atoms with E-state index < -0.39 is 0 Å². The number of amides is 1. The average Bonchev–Trinajstić information content (AvgIpc) is 3.20. The van der Waals surface area contributed by atoms with Crippen LogP contribution in [0, 0.1) is 33.6 Å². The number of benzene rings is 2. The third-order valence-corrected chi connectivity index (χ3v) is 6.73. The quantitative estimate of drug-likeness (QED) is 0.474. The van der Waals surface area contributed by atoms with Crippen molar-refractivity contribution in [1.29, 1.82) is 0 Å². The summed E-state index contributed by atoms with van der Waals surface area (Å²) in [7, 11) is 0. The van der Waals surface area contributed by atoms with E-state index in [4.69, 9.17) is 5.10 Å². The molecule has 2 aromatic carbocycles. The smallest absolute Gasteiger partial charge is 0.229 e. The summed E-state index contributed by atoms with van der Waals surface area (Å²) in [6.45, 7) is 9.52. The van der Waals surface area contributed by atoms with Gasteiger partial charge in [0.2, 0.25) is 5.91 Å². The summed E-state index contributed by atoms with van der Waals surface area (Å²) in [5, 5.41) is 18.1. The summed E-state index contributed by atoms with van der Waals surface area (Å²) in [4.78, 5) is 15.3.